The summed E-state index contributed by atoms with van der Waals surface area (Å²) in [5.74, 6) is -1.32. The summed E-state index contributed by atoms with van der Waals surface area (Å²) in [6.07, 6.45) is 3.88. The Labute approximate surface area is 144 Å². The van der Waals surface area contributed by atoms with Gasteiger partial charge < -0.3 is 10.0 Å². The van der Waals surface area contributed by atoms with E-state index in [1.165, 1.54) is 16.9 Å². The van der Waals surface area contributed by atoms with Crippen molar-refractivity contribution in [2.75, 3.05) is 18.4 Å². The molecule has 1 aliphatic rings. The van der Waals surface area contributed by atoms with Crippen molar-refractivity contribution in [1.29, 1.82) is 0 Å². The molecule has 2 aromatic rings. The second-order valence-electron chi connectivity index (χ2n) is 5.85. The summed E-state index contributed by atoms with van der Waals surface area (Å²) in [5.41, 5.74) is 1.19. The molecule has 0 bridgehead atoms. The molecule has 2 amide bonds. The zero-order valence-corrected chi connectivity index (χ0v) is 14.0. The number of aromatic nitrogens is 1. The molecule has 1 aromatic heterocycles. The minimum absolute atomic E-state index is 0.253. The van der Waals surface area contributed by atoms with E-state index in [1.54, 1.807) is 11.1 Å². The third-order valence-electron chi connectivity index (χ3n) is 4.05. The van der Waals surface area contributed by atoms with Gasteiger partial charge in [0.2, 0.25) is 0 Å². The summed E-state index contributed by atoms with van der Waals surface area (Å²) in [6, 6.07) is 9.80. The number of amides is 2. The van der Waals surface area contributed by atoms with E-state index < -0.39 is 11.9 Å². The average molecular weight is 345 g/mol. The molecule has 3 rings (SSSR count). The average Bonchev–Trinajstić information content (AvgIpc) is 3.02. The van der Waals surface area contributed by atoms with Crippen molar-refractivity contribution in [2.45, 2.75) is 19.3 Å². The first-order chi connectivity index (χ1) is 11.6. The van der Waals surface area contributed by atoms with Gasteiger partial charge in [-0.1, -0.05) is 30.3 Å². The number of nitrogens with zero attached hydrogens (tertiary/aromatic N) is 2. The highest BCUT2D eigenvalue weighted by molar-refractivity contribution is 7.15. The molecule has 1 fully saturated rings. The van der Waals surface area contributed by atoms with Gasteiger partial charge in [0.25, 0.3) is 0 Å². The molecule has 6 nitrogen and oxygen atoms in total. The maximum absolute atomic E-state index is 12.3. The van der Waals surface area contributed by atoms with Gasteiger partial charge in [0, 0.05) is 30.6 Å². The topological polar surface area (TPSA) is 82.5 Å². The predicted octanol–water partition coefficient (Wildman–Crippen LogP) is 3.06. The Kier molecular flexibility index (Phi) is 5.10. The van der Waals surface area contributed by atoms with E-state index in [0.717, 1.165) is 11.3 Å². The van der Waals surface area contributed by atoms with Crippen LogP contribution in [0.4, 0.5) is 9.93 Å². The molecule has 2 N–H and O–H groups in total. The highest BCUT2D eigenvalue weighted by atomic mass is 32.1. The van der Waals surface area contributed by atoms with Crippen LogP contribution in [0.1, 0.15) is 23.3 Å². The molecular weight excluding hydrogens is 326 g/mol. The Hall–Kier alpha value is -2.41. The molecule has 126 valence electrons. The monoisotopic (exact) mass is 345 g/mol. The van der Waals surface area contributed by atoms with Crippen molar-refractivity contribution in [2.24, 2.45) is 5.92 Å². The number of aliphatic carboxylic acids is 1. The van der Waals surface area contributed by atoms with Gasteiger partial charge in [0.1, 0.15) is 0 Å². The Bertz CT molecular complexity index is 717. The predicted molar refractivity (Wildman–Crippen MR) is 92.3 cm³/mol. The highest BCUT2D eigenvalue weighted by Crippen LogP contribution is 2.23. The number of carbonyl (C=O) groups is 2. The van der Waals surface area contributed by atoms with E-state index in [4.69, 9.17) is 5.11 Å². The molecular formula is C17H19N3O3S. The van der Waals surface area contributed by atoms with Crippen LogP contribution in [-0.4, -0.2) is 40.1 Å². The van der Waals surface area contributed by atoms with Gasteiger partial charge in [-0.05, 0) is 18.4 Å². The van der Waals surface area contributed by atoms with Gasteiger partial charge in [-0.15, -0.1) is 11.3 Å². The Morgan fingerprint density at radius 1 is 1.33 bits per heavy atom. The number of thiazole rings is 1. The number of anilines is 1. The molecule has 1 atom stereocenters. The molecule has 2 heterocycles. The summed E-state index contributed by atoms with van der Waals surface area (Å²) in [4.78, 5) is 30.2. The van der Waals surface area contributed by atoms with Gasteiger partial charge in [0.15, 0.2) is 5.13 Å². The summed E-state index contributed by atoms with van der Waals surface area (Å²) in [7, 11) is 0. The largest absolute Gasteiger partial charge is 0.481 e. The SMILES string of the molecule is O=C(O)C1CCCN(C(=O)Nc2ncc(Cc3ccccc3)s2)C1. The minimum atomic E-state index is -0.841. The van der Waals surface area contributed by atoms with Crippen molar-refractivity contribution in [3.8, 4) is 0 Å². The van der Waals surface area contributed by atoms with Crippen LogP contribution in [0, 0.1) is 5.92 Å². The van der Waals surface area contributed by atoms with E-state index in [0.29, 0.717) is 24.5 Å². The fourth-order valence-electron chi connectivity index (χ4n) is 2.78. The van der Waals surface area contributed by atoms with Crippen molar-refractivity contribution >= 4 is 28.5 Å². The van der Waals surface area contributed by atoms with Crippen molar-refractivity contribution in [1.82, 2.24) is 9.88 Å². The van der Waals surface area contributed by atoms with Gasteiger partial charge in [0.05, 0.1) is 5.92 Å². The number of hydrogen-bond donors (Lipinski definition) is 2. The van der Waals surface area contributed by atoms with E-state index in [-0.39, 0.29) is 12.6 Å². The number of urea groups is 1. The third kappa shape index (κ3) is 4.11. The summed E-state index contributed by atoms with van der Waals surface area (Å²) >= 11 is 1.44. The number of carboxylic acid groups (broad SMARTS) is 1. The number of piperidine rings is 1. The van der Waals surface area contributed by atoms with Crippen molar-refractivity contribution < 1.29 is 14.7 Å². The maximum Gasteiger partial charge on any atom is 0.323 e. The second kappa shape index (κ2) is 7.44. The van der Waals surface area contributed by atoms with E-state index in [1.807, 2.05) is 18.2 Å². The Balaban J connectivity index is 1.58. The lowest BCUT2D eigenvalue weighted by atomic mass is 9.99. The number of rotatable bonds is 4. The molecule has 0 radical (unpaired) electrons. The van der Waals surface area contributed by atoms with Gasteiger partial charge >= 0.3 is 12.0 Å². The van der Waals surface area contributed by atoms with Crippen LogP contribution >= 0.6 is 11.3 Å². The van der Waals surface area contributed by atoms with Crippen molar-refractivity contribution in [3.63, 3.8) is 0 Å². The van der Waals surface area contributed by atoms with E-state index in [2.05, 4.69) is 22.4 Å². The van der Waals surface area contributed by atoms with Crippen LogP contribution in [0.3, 0.4) is 0 Å². The number of nitrogens with one attached hydrogen (secondary N) is 1. The number of carbonyl (C=O) groups excluding carboxylic acids is 1. The second-order valence-corrected chi connectivity index (χ2v) is 6.96. The van der Waals surface area contributed by atoms with Crippen LogP contribution in [0.5, 0.6) is 0 Å². The number of hydrogen-bond acceptors (Lipinski definition) is 4. The molecule has 7 heteroatoms. The number of carboxylic acids is 1. The zero-order chi connectivity index (χ0) is 16.9. The smallest absolute Gasteiger partial charge is 0.323 e. The first kappa shape index (κ1) is 16.4. The van der Waals surface area contributed by atoms with Gasteiger partial charge in [-0.3, -0.25) is 10.1 Å². The quantitative estimate of drug-likeness (QED) is 0.892. The Morgan fingerprint density at radius 2 is 2.12 bits per heavy atom. The van der Waals surface area contributed by atoms with Gasteiger partial charge in [-0.2, -0.15) is 0 Å². The maximum atomic E-state index is 12.3. The molecule has 0 aliphatic carbocycles. The zero-order valence-electron chi connectivity index (χ0n) is 13.1. The molecule has 1 aromatic carbocycles. The van der Waals surface area contributed by atoms with Crippen LogP contribution in [0.25, 0.3) is 0 Å². The normalized spacial score (nSPS) is 17.5. The standard InChI is InChI=1S/C17H19N3O3S/c21-15(22)13-7-4-8-20(11-13)17(23)19-16-18-10-14(24-16)9-12-5-2-1-3-6-12/h1-3,5-6,10,13H,4,7-9,11H2,(H,21,22)(H,18,19,23). The number of likely N-dealkylation sites (tertiary alicyclic amines) is 1. The molecule has 0 spiro atoms. The lowest BCUT2D eigenvalue weighted by molar-refractivity contribution is -0.143. The van der Waals surface area contributed by atoms with Crippen LogP contribution in [0.15, 0.2) is 36.5 Å². The summed E-state index contributed by atoms with van der Waals surface area (Å²) in [5, 5.41) is 12.4. The summed E-state index contributed by atoms with van der Waals surface area (Å²) in [6.45, 7) is 0.835. The fourth-order valence-corrected chi connectivity index (χ4v) is 3.61. The molecule has 0 saturated carbocycles. The molecule has 1 unspecified atom stereocenters. The third-order valence-corrected chi connectivity index (χ3v) is 4.96. The molecule has 24 heavy (non-hydrogen) atoms. The molecule has 1 aliphatic heterocycles. The fraction of sp³-hybridized carbons (Fsp3) is 0.353. The van der Waals surface area contributed by atoms with Crippen LogP contribution in [-0.2, 0) is 11.2 Å². The van der Waals surface area contributed by atoms with E-state index in [9.17, 15) is 9.59 Å². The van der Waals surface area contributed by atoms with Crippen LogP contribution < -0.4 is 5.32 Å². The van der Waals surface area contributed by atoms with E-state index >= 15 is 0 Å². The Morgan fingerprint density at radius 3 is 2.88 bits per heavy atom. The lowest BCUT2D eigenvalue weighted by Gasteiger charge is -2.30. The first-order valence-electron chi connectivity index (χ1n) is 7.89. The molecule has 1 saturated heterocycles. The summed E-state index contributed by atoms with van der Waals surface area (Å²) < 4.78 is 0. The first-order valence-corrected chi connectivity index (χ1v) is 8.71. The van der Waals surface area contributed by atoms with Crippen molar-refractivity contribution in [3.05, 3.63) is 47.0 Å². The minimum Gasteiger partial charge on any atom is -0.481 e. The van der Waals surface area contributed by atoms with Gasteiger partial charge in [-0.25, -0.2) is 9.78 Å². The number of benzene rings is 1. The van der Waals surface area contributed by atoms with Crippen LogP contribution in [0.2, 0.25) is 0 Å². The lowest BCUT2D eigenvalue weighted by Crippen LogP contribution is -2.44. The highest BCUT2D eigenvalue weighted by Gasteiger charge is 2.28.